The fraction of sp³-hybridized carbons (Fsp3) is 0.154. The number of rotatable bonds is 2. The molecule has 7 heteroatoms. The number of pyridine rings is 1. The van der Waals surface area contributed by atoms with Gasteiger partial charge in [-0.25, -0.2) is 4.98 Å². The van der Waals surface area contributed by atoms with Gasteiger partial charge in [0.15, 0.2) is 0 Å². The predicted molar refractivity (Wildman–Crippen MR) is 73.2 cm³/mol. The zero-order chi connectivity index (χ0) is 14.9. The lowest BCUT2D eigenvalue weighted by Gasteiger charge is -2.12. The molecule has 1 heterocycles. The highest BCUT2D eigenvalue weighted by atomic mass is 79.9. The van der Waals surface area contributed by atoms with E-state index in [2.05, 4.69) is 20.9 Å². The van der Waals surface area contributed by atoms with Crippen LogP contribution >= 0.6 is 27.5 Å². The number of hydrogen-bond acceptors (Lipinski definition) is 2. The highest BCUT2D eigenvalue weighted by Crippen LogP contribution is 2.36. The van der Waals surface area contributed by atoms with E-state index in [0.29, 0.717) is 15.2 Å². The van der Waals surface area contributed by atoms with Gasteiger partial charge in [0.1, 0.15) is 5.75 Å². The maximum Gasteiger partial charge on any atom is 0.418 e. The third-order valence-electron chi connectivity index (χ3n) is 2.52. The van der Waals surface area contributed by atoms with Crippen molar-refractivity contribution in [3.05, 3.63) is 51.1 Å². The van der Waals surface area contributed by atoms with Crippen LogP contribution in [0.3, 0.4) is 0 Å². The molecule has 20 heavy (non-hydrogen) atoms. The molecule has 0 spiro atoms. The zero-order valence-corrected chi connectivity index (χ0v) is 12.5. The molecule has 0 fully saturated rings. The second-order valence-corrected chi connectivity index (χ2v) is 5.22. The van der Waals surface area contributed by atoms with Crippen LogP contribution in [-0.2, 0) is 6.18 Å². The Morgan fingerprint density at radius 1 is 1.30 bits per heavy atom. The van der Waals surface area contributed by atoms with E-state index in [9.17, 15) is 13.2 Å². The largest absolute Gasteiger partial charge is 0.437 e. The lowest BCUT2D eigenvalue weighted by molar-refractivity contribution is -0.138. The molecule has 0 atom stereocenters. The number of alkyl halides is 3. The average molecular weight is 367 g/mol. The molecule has 0 aliphatic rings. The van der Waals surface area contributed by atoms with E-state index < -0.39 is 11.7 Å². The van der Waals surface area contributed by atoms with Crippen molar-refractivity contribution in [3.63, 3.8) is 0 Å². The van der Waals surface area contributed by atoms with E-state index in [1.807, 2.05) is 0 Å². The van der Waals surface area contributed by atoms with E-state index in [-0.39, 0.29) is 11.4 Å². The van der Waals surface area contributed by atoms with Crippen LogP contribution in [0, 0.1) is 6.92 Å². The van der Waals surface area contributed by atoms with E-state index >= 15 is 0 Å². The van der Waals surface area contributed by atoms with Gasteiger partial charge in [0, 0.05) is 16.7 Å². The van der Waals surface area contributed by atoms with Gasteiger partial charge < -0.3 is 4.74 Å². The molecule has 0 saturated heterocycles. The fourth-order valence-corrected chi connectivity index (χ4v) is 2.07. The Hall–Kier alpha value is -1.27. The van der Waals surface area contributed by atoms with Crippen LogP contribution in [0.2, 0.25) is 5.02 Å². The Bertz CT molecular complexity index is 646. The standard InChI is InChI=1S/C13H8BrClF3NO/c1-7-5-11(19-6-8(7)13(16,17)18)20-10-4-2-3-9(14)12(10)15/h2-6H,1H3. The number of ether oxygens (including phenoxy) is 1. The summed E-state index contributed by atoms with van der Waals surface area (Å²) in [4.78, 5) is 3.66. The summed E-state index contributed by atoms with van der Waals surface area (Å²) in [7, 11) is 0. The van der Waals surface area contributed by atoms with Gasteiger partial charge in [-0.05, 0) is 40.5 Å². The summed E-state index contributed by atoms with van der Waals surface area (Å²) in [6.45, 7) is 1.35. The molecule has 2 aromatic rings. The van der Waals surface area contributed by atoms with Gasteiger partial charge in [0.2, 0.25) is 5.88 Å². The van der Waals surface area contributed by atoms with E-state index in [1.165, 1.54) is 13.0 Å². The molecular formula is C13H8BrClF3NO. The zero-order valence-electron chi connectivity index (χ0n) is 10.1. The minimum absolute atomic E-state index is 0.0358. The minimum Gasteiger partial charge on any atom is -0.437 e. The number of benzene rings is 1. The van der Waals surface area contributed by atoms with Crippen molar-refractivity contribution >= 4 is 27.5 Å². The molecular weight excluding hydrogens is 358 g/mol. The van der Waals surface area contributed by atoms with E-state index in [0.717, 1.165) is 6.20 Å². The van der Waals surface area contributed by atoms with Crippen molar-refractivity contribution in [2.75, 3.05) is 0 Å². The van der Waals surface area contributed by atoms with Gasteiger partial charge in [0.05, 0.1) is 10.6 Å². The first-order valence-electron chi connectivity index (χ1n) is 5.45. The van der Waals surface area contributed by atoms with Gasteiger partial charge in [-0.3, -0.25) is 0 Å². The molecule has 0 amide bonds. The topological polar surface area (TPSA) is 22.1 Å². The molecule has 0 aliphatic carbocycles. The molecule has 0 N–H and O–H groups in total. The summed E-state index contributed by atoms with van der Waals surface area (Å²) in [6.07, 6.45) is -3.68. The summed E-state index contributed by atoms with van der Waals surface area (Å²) < 4.78 is 43.9. The first-order valence-corrected chi connectivity index (χ1v) is 6.62. The van der Waals surface area contributed by atoms with Gasteiger partial charge in [0.25, 0.3) is 0 Å². The second-order valence-electron chi connectivity index (χ2n) is 3.99. The number of nitrogens with zero attached hydrogens (tertiary/aromatic N) is 1. The smallest absolute Gasteiger partial charge is 0.418 e. The number of halogens is 5. The van der Waals surface area contributed by atoms with Crippen LogP contribution in [0.15, 0.2) is 34.9 Å². The fourth-order valence-electron chi connectivity index (χ4n) is 1.56. The number of hydrogen-bond donors (Lipinski definition) is 0. The lowest BCUT2D eigenvalue weighted by atomic mass is 10.1. The Morgan fingerprint density at radius 3 is 2.60 bits per heavy atom. The SMILES string of the molecule is Cc1cc(Oc2cccc(Br)c2Cl)ncc1C(F)(F)F. The molecule has 2 nitrogen and oxygen atoms in total. The summed E-state index contributed by atoms with van der Waals surface area (Å²) in [6, 6.07) is 6.24. The van der Waals surface area contributed by atoms with Crippen LogP contribution in [0.4, 0.5) is 13.2 Å². The maximum atomic E-state index is 12.6. The highest BCUT2D eigenvalue weighted by Gasteiger charge is 2.33. The Labute approximate surface area is 126 Å². The molecule has 0 radical (unpaired) electrons. The number of aryl methyl sites for hydroxylation is 1. The molecule has 0 aliphatic heterocycles. The van der Waals surface area contributed by atoms with Gasteiger partial charge >= 0.3 is 6.18 Å². The van der Waals surface area contributed by atoms with Crippen molar-refractivity contribution in [2.45, 2.75) is 13.1 Å². The van der Waals surface area contributed by atoms with E-state index in [1.54, 1.807) is 18.2 Å². The molecule has 0 unspecified atom stereocenters. The van der Waals surface area contributed by atoms with Crippen LogP contribution in [0.25, 0.3) is 0 Å². The maximum absolute atomic E-state index is 12.6. The lowest BCUT2D eigenvalue weighted by Crippen LogP contribution is -2.08. The van der Waals surface area contributed by atoms with Crippen LogP contribution < -0.4 is 4.74 Å². The van der Waals surface area contributed by atoms with E-state index in [4.69, 9.17) is 16.3 Å². The van der Waals surface area contributed by atoms with Crippen LogP contribution in [0.1, 0.15) is 11.1 Å². The molecule has 1 aromatic heterocycles. The summed E-state index contributed by atoms with van der Waals surface area (Å²) in [5.41, 5.74) is -0.751. The monoisotopic (exact) mass is 365 g/mol. The third-order valence-corrected chi connectivity index (χ3v) is 3.80. The molecule has 2 rings (SSSR count). The Morgan fingerprint density at radius 2 is 2.00 bits per heavy atom. The predicted octanol–water partition coefficient (Wildman–Crippen LogP) is 5.62. The molecule has 0 bridgehead atoms. The molecule has 106 valence electrons. The van der Waals surface area contributed by atoms with Gasteiger partial charge in [-0.1, -0.05) is 17.7 Å². The summed E-state index contributed by atoms with van der Waals surface area (Å²) in [5, 5.41) is 0.326. The van der Waals surface area contributed by atoms with Crippen LogP contribution in [-0.4, -0.2) is 4.98 Å². The van der Waals surface area contributed by atoms with Gasteiger partial charge in [-0.15, -0.1) is 0 Å². The third kappa shape index (κ3) is 3.24. The second kappa shape index (κ2) is 5.61. The average Bonchev–Trinajstić information content (AvgIpc) is 2.33. The summed E-state index contributed by atoms with van der Waals surface area (Å²) in [5.74, 6) is 0.364. The highest BCUT2D eigenvalue weighted by molar-refractivity contribution is 9.10. The number of aromatic nitrogens is 1. The van der Waals surface area contributed by atoms with Crippen molar-refractivity contribution in [3.8, 4) is 11.6 Å². The molecule has 0 saturated carbocycles. The van der Waals surface area contributed by atoms with Crippen molar-refractivity contribution < 1.29 is 17.9 Å². The molecule has 1 aromatic carbocycles. The Kier molecular flexibility index (Phi) is 4.25. The van der Waals surface area contributed by atoms with Gasteiger partial charge in [-0.2, -0.15) is 13.2 Å². The Balaban J connectivity index is 2.32. The van der Waals surface area contributed by atoms with Crippen molar-refractivity contribution in [1.82, 2.24) is 4.98 Å². The first kappa shape index (κ1) is 15.1. The van der Waals surface area contributed by atoms with Crippen LogP contribution in [0.5, 0.6) is 11.6 Å². The first-order chi connectivity index (χ1) is 9.29. The van der Waals surface area contributed by atoms with Crippen molar-refractivity contribution in [2.24, 2.45) is 0 Å². The quantitative estimate of drug-likeness (QED) is 0.688. The normalized spacial score (nSPS) is 11.5. The van der Waals surface area contributed by atoms with Crippen molar-refractivity contribution in [1.29, 1.82) is 0 Å². The summed E-state index contributed by atoms with van der Waals surface area (Å²) >= 11 is 9.24. The minimum atomic E-state index is -4.43.